The molecule has 0 saturated carbocycles. The third-order valence-corrected chi connectivity index (χ3v) is 6.57. The summed E-state index contributed by atoms with van der Waals surface area (Å²) >= 11 is 0.724. The topological polar surface area (TPSA) is 62.7 Å². The van der Waals surface area contributed by atoms with E-state index in [4.69, 9.17) is 4.74 Å². The molecule has 31 heavy (non-hydrogen) atoms. The summed E-state index contributed by atoms with van der Waals surface area (Å²) in [6, 6.07) is 8.76. The molecule has 164 valence electrons. The van der Waals surface area contributed by atoms with E-state index in [9.17, 15) is 18.5 Å². The molecule has 2 aliphatic rings. The summed E-state index contributed by atoms with van der Waals surface area (Å²) in [6.07, 6.45) is 4.06. The molecule has 2 fully saturated rings. The smallest absolute Gasteiger partial charge is 0.317 e. The number of pyridine rings is 1. The summed E-state index contributed by atoms with van der Waals surface area (Å²) < 4.78 is 32.8. The summed E-state index contributed by atoms with van der Waals surface area (Å²) in [4.78, 5) is 29.5. The van der Waals surface area contributed by atoms with E-state index < -0.39 is 16.4 Å². The van der Waals surface area contributed by atoms with Crippen LogP contribution in [0.25, 0.3) is 0 Å². The van der Waals surface area contributed by atoms with Crippen LogP contribution >= 0.6 is 11.8 Å². The molecule has 0 radical (unpaired) electrons. The lowest BCUT2D eigenvalue weighted by atomic mass is 10.00. The van der Waals surface area contributed by atoms with Crippen LogP contribution in [0.1, 0.15) is 30.9 Å². The van der Waals surface area contributed by atoms with Crippen molar-refractivity contribution >= 4 is 28.7 Å². The maximum atomic E-state index is 13.4. The fraction of sp³-hybridized carbons (Fsp3) is 0.409. The van der Waals surface area contributed by atoms with E-state index in [0.29, 0.717) is 13.0 Å². The Balaban J connectivity index is 1.42. The predicted octanol–water partition coefficient (Wildman–Crippen LogP) is 4.32. The summed E-state index contributed by atoms with van der Waals surface area (Å²) in [7, 11) is 0. The van der Waals surface area contributed by atoms with Gasteiger partial charge in [-0.05, 0) is 72.8 Å². The lowest BCUT2D eigenvalue weighted by Crippen LogP contribution is -2.41. The van der Waals surface area contributed by atoms with Gasteiger partial charge >= 0.3 is 5.24 Å². The van der Waals surface area contributed by atoms with E-state index in [0.717, 1.165) is 60.3 Å². The second kappa shape index (κ2) is 9.21. The number of piperidine rings is 1. The van der Waals surface area contributed by atoms with Gasteiger partial charge in [-0.3, -0.25) is 9.59 Å². The van der Waals surface area contributed by atoms with Crippen LogP contribution in [0.2, 0.25) is 0 Å². The molecule has 3 heterocycles. The van der Waals surface area contributed by atoms with Gasteiger partial charge in [0.25, 0.3) is 5.91 Å². The summed E-state index contributed by atoms with van der Waals surface area (Å²) in [5.74, 6) is 0.304. The number of thioether (sulfide) groups is 1. The van der Waals surface area contributed by atoms with Crippen molar-refractivity contribution in [3.63, 3.8) is 0 Å². The number of carbonyl (C=O) groups excluding carboxylic acids is 2. The van der Waals surface area contributed by atoms with Crippen LogP contribution in [0.3, 0.4) is 0 Å². The Morgan fingerprint density at radius 2 is 2.06 bits per heavy atom. The van der Waals surface area contributed by atoms with Crippen LogP contribution < -0.4 is 9.64 Å². The molecule has 1 aromatic carbocycles. The van der Waals surface area contributed by atoms with Crippen molar-refractivity contribution in [2.75, 3.05) is 18.0 Å². The minimum Gasteiger partial charge on any atom is -0.489 e. The number of aryl methyl sites for hydroxylation is 1. The molecule has 2 amide bonds. The highest BCUT2D eigenvalue weighted by atomic mass is 32.2. The second-order valence-electron chi connectivity index (χ2n) is 7.64. The van der Waals surface area contributed by atoms with E-state index in [2.05, 4.69) is 9.88 Å². The van der Waals surface area contributed by atoms with Gasteiger partial charge in [0.2, 0.25) is 0 Å². The number of ether oxygens (including phenoxy) is 1. The lowest BCUT2D eigenvalue weighted by Gasteiger charge is -2.33. The number of hydrogen-bond donors (Lipinski definition) is 0. The number of nitrogens with zero attached hydrogens (tertiary/aromatic N) is 3. The highest BCUT2D eigenvalue weighted by molar-refractivity contribution is 8.15. The molecule has 2 unspecified atom stereocenters. The molecular formula is C22H23F2N3O3S. The van der Waals surface area contributed by atoms with Crippen LogP contribution in [0.15, 0.2) is 36.5 Å². The van der Waals surface area contributed by atoms with Crippen LogP contribution in [0, 0.1) is 5.82 Å². The number of benzene rings is 1. The largest absolute Gasteiger partial charge is 0.489 e. The van der Waals surface area contributed by atoms with Gasteiger partial charge in [-0.25, -0.2) is 9.37 Å². The zero-order valence-corrected chi connectivity index (χ0v) is 17.9. The molecule has 2 aliphatic heterocycles. The standard InChI is InChI=1S/C22H23F2N3O3S/c1-2-14-10-17(7-5-15(14)11-19-21(28)27(24)22(29)31-19)30-18-4-3-9-26(13-18)20-8-6-16(23)12-25-20/h5-8,10,12,18-19H,2-4,9,11,13H2,1H3. The Morgan fingerprint density at radius 1 is 1.23 bits per heavy atom. The van der Waals surface area contributed by atoms with E-state index in [-0.39, 0.29) is 17.0 Å². The van der Waals surface area contributed by atoms with Crippen molar-refractivity contribution in [3.8, 4) is 5.75 Å². The number of aromatic nitrogens is 1. The highest BCUT2D eigenvalue weighted by Gasteiger charge is 2.40. The fourth-order valence-corrected chi connectivity index (χ4v) is 4.84. The number of hydrogen-bond acceptors (Lipinski definition) is 6. The van der Waals surface area contributed by atoms with E-state index in [1.807, 2.05) is 25.1 Å². The first-order valence-electron chi connectivity index (χ1n) is 10.3. The third-order valence-electron chi connectivity index (χ3n) is 5.55. The van der Waals surface area contributed by atoms with Crippen LogP contribution in [0.5, 0.6) is 5.75 Å². The van der Waals surface area contributed by atoms with Gasteiger partial charge in [-0.15, -0.1) is 0 Å². The molecule has 6 nitrogen and oxygen atoms in total. The molecular weight excluding hydrogens is 424 g/mol. The Hall–Kier alpha value is -2.68. The molecule has 1 aromatic heterocycles. The molecule has 0 spiro atoms. The molecule has 0 bridgehead atoms. The van der Waals surface area contributed by atoms with E-state index in [1.165, 1.54) is 12.3 Å². The molecule has 2 saturated heterocycles. The molecule has 0 aliphatic carbocycles. The van der Waals surface area contributed by atoms with Crippen molar-refractivity contribution in [2.24, 2.45) is 0 Å². The maximum absolute atomic E-state index is 13.4. The zero-order chi connectivity index (χ0) is 22.0. The molecule has 0 N–H and O–H groups in total. The minimum atomic E-state index is -0.856. The van der Waals surface area contributed by atoms with Crippen molar-refractivity contribution in [1.82, 2.24) is 10.1 Å². The molecule has 9 heteroatoms. The van der Waals surface area contributed by atoms with Crippen molar-refractivity contribution in [1.29, 1.82) is 0 Å². The average Bonchev–Trinajstić information content (AvgIpc) is 3.02. The normalized spacial score (nSPS) is 21.6. The number of amides is 2. The Morgan fingerprint density at radius 3 is 2.74 bits per heavy atom. The van der Waals surface area contributed by atoms with Crippen LogP contribution in [-0.4, -0.2) is 45.7 Å². The van der Waals surface area contributed by atoms with Gasteiger partial charge < -0.3 is 9.64 Å². The van der Waals surface area contributed by atoms with Gasteiger partial charge in [0.1, 0.15) is 28.7 Å². The van der Waals surface area contributed by atoms with Crippen molar-refractivity contribution in [2.45, 2.75) is 44.0 Å². The molecule has 2 atom stereocenters. The Kier molecular flexibility index (Phi) is 6.41. The minimum absolute atomic E-state index is 0.0270. The average molecular weight is 448 g/mol. The van der Waals surface area contributed by atoms with E-state index >= 15 is 0 Å². The third kappa shape index (κ3) is 4.81. The summed E-state index contributed by atoms with van der Waals surface area (Å²) in [5.41, 5.74) is 1.91. The van der Waals surface area contributed by atoms with Gasteiger partial charge in [-0.1, -0.05) is 22.6 Å². The first-order chi connectivity index (χ1) is 14.9. The van der Waals surface area contributed by atoms with Crippen LogP contribution in [0.4, 0.5) is 19.5 Å². The summed E-state index contributed by atoms with van der Waals surface area (Å²) in [6.45, 7) is 3.50. The van der Waals surface area contributed by atoms with Crippen LogP contribution in [-0.2, 0) is 17.6 Å². The lowest BCUT2D eigenvalue weighted by molar-refractivity contribution is -0.136. The second-order valence-corrected chi connectivity index (χ2v) is 8.80. The Labute approximate surface area is 183 Å². The number of imide groups is 1. The fourth-order valence-electron chi connectivity index (χ4n) is 3.96. The maximum Gasteiger partial charge on any atom is 0.317 e. The monoisotopic (exact) mass is 447 g/mol. The van der Waals surface area contributed by atoms with Crippen molar-refractivity contribution < 1.29 is 23.2 Å². The number of anilines is 1. The summed E-state index contributed by atoms with van der Waals surface area (Å²) in [5, 5.41) is -1.89. The van der Waals surface area contributed by atoms with E-state index in [1.54, 1.807) is 6.07 Å². The molecule has 2 aromatic rings. The van der Waals surface area contributed by atoms with Gasteiger partial charge in [0, 0.05) is 6.54 Å². The van der Waals surface area contributed by atoms with Gasteiger partial charge in [0.05, 0.1) is 12.7 Å². The zero-order valence-electron chi connectivity index (χ0n) is 17.1. The first-order valence-corrected chi connectivity index (χ1v) is 11.2. The molecule has 4 rings (SSSR count). The Bertz CT molecular complexity index is 973. The van der Waals surface area contributed by atoms with Crippen molar-refractivity contribution in [3.05, 3.63) is 53.5 Å². The highest BCUT2D eigenvalue weighted by Crippen LogP contribution is 2.32. The predicted molar refractivity (Wildman–Crippen MR) is 114 cm³/mol. The number of rotatable bonds is 6. The van der Waals surface area contributed by atoms with Gasteiger partial charge in [0.15, 0.2) is 0 Å². The number of halogens is 2. The SMILES string of the molecule is CCc1cc(OC2CCCN(c3ccc(F)cn3)C2)ccc1CC1SC(=O)N(F)C1=O. The quantitative estimate of drug-likeness (QED) is 0.615. The first kappa shape index (κ1) is 21.5. The van der Waals surface area contributed by atoms with Gasteiger partial charge in [-0.2, -0.15) is 0 Å². The number of carbonyl (C=O) groups is 2.